The van der Waals surface area contributed by atoms with Crippen LogP contribution in [0.1, 0.15) is 27.9 Å². The van der Waals surface area contributed by atoms with Gasteiger partial charge in [-0.25, -0.2) is 9.48 Å². The Morgan fingerprint density at radius 3 is 2.65 bits per heavy atom. The Morgan fingerprint density at radius 2 is 2.04 bits per heavy atom. The predicted octanol–water partition coefficient (Wildman–Crippen LogP) is 3.27. The molecule has 1 heterocycles. The van der Waals surface area contributed by atoms with E-state index in [1.54, 1.807) is 13.1 Å². The molecule has 5 nitrogen and oxygen atoms in total. The Bertz CT molecular complexity index is 696. The van der Waals surface area contributed by atoms with E-state index >= 15 is 0 Å². The molecule has 0 atom stereocenters. The van der Waals surface area contributed by atoms with E-state index in [1.165, 1.54) is 23.0 Å². The fourth-order valence-corrected chi connectivity index (χ4v) is 2.41. The second-order valence-corrected chi connectivity index (χ2v) is 4.94. The first-order valence-electron chi connectivity index (χ1n) is 6.96. The highest BCUT2D eigenvalue weighted by Gasteiger charge is 2.32. The van der Waals surface area contributed by atoms with E-state index in [4.69, 9.17) is 5.11 Å². The third kappa shape index (κ3) is 3.82. The van der Waals surface area contributed by atoms with Gasteiger partial charge in [0.25, 0.3) is 0 Å². The molecular weight excluding hydrogens is 311 g/mol. The normalized spacial score (nSPS) is 11.5. The van der Waals surface area contributed by atoms with Gasteiger partial charge in [-0.3, -0.25) is 0 Å². The van der Waals surface area contributed by atoms with Crippen LogP contribution in [-0.2, 0) is 19.1 Å². The highest BCUT2D eigenvalue weighted by atomic mass is 19.4. The van der Waals surface area contributed by atoms with Crippen LogP contribution in [0.25, 0.3) is 0 Å². The number of carboxylic acid groups (broad SMARTS) is 1. The Morgan fingerprint density at radius 1 is 1.35 bits per heavy atom. The summed E-state index contributed by atoms with van der Waals surface area (Å²) in [6.07, 6.45) is -2.53. The molecule has 0 unspecified atom stereocenters. The fourth-order valence-electron chi connectivity index (χ4n) is 2.41. The number of aromatic carboxylic acids is 1. The van der Waals surface area contributed by atoms with Crippen LogP contribution in [0.15, 0.2) is 30.5 Å². The Labute approximate surface area is 130 Å². The van der Waals surface area contributed by atoms with Crippen molar-refractivity contribution in [2.24, 2.45) is 0 Å². The lowest BCUT2D eigenvalue weighted by molar-refractivity contribution is -0.138. The lowest BCUT2D eigenvalue weighted by Crippen LogP contribution is -2.11. The first-order chi connectivity index (χ1) is 10.8. The van der Waals surface area contributed by atoms with E-state index in [1.807, 2.05) is 0 Å². The lowest BCUT2D eigenvalue weighted by atomic mass is 10.0. The number of aryl methyl sites for hydroxylation is 2. The van der Waals surface area contributed by atoms with Gasteiger partial charge in [-0.05, 0) is 24.5 Å². The minimum Gasteiger partial charge on any atom is -0.477 e. The van der Waals surface area contributed by atoms with E-state index in [2.05, 4.69) is 10.4 Å². The number of nitrogens with zero attached hydrogens (tertiary/aromatic N) is 2. The van der Waals surface area contributed by atoms with Gasteiger partial charge in [-0.15, -0.1) is 0 Å². The van der Waals surface area contributed by atoms with Gasteiger partial charge in [0.15, 0.2) is 0 Å². The number of anilines is 1. The number of halogens is 3. The summed E-state index contributed by atoms with van der Waals surface area (Å²) in [6.45, 7) is 0.315. The molecule has 0 aliphatic rings. The first-order valence-corrected chi connectivity index (χ1v) is 6.96. The van der Waals surface area contributed by atoms with E-state index < -0.39 is 17.7 Å². The summed E-state index contributed by atoms with van der Waals surface area (Å²) in [5, 5.41) is 15.7. The second-order valence-electron chi connectivity index (χ2n) is 4.94. The maximum atomic E-state index is 12.9. The number of rotatable bonds is 6. The Hall–Kier alpha value is -2.51. The molecule has 0 aliphatic heterocycles. The zero-order chi connectivity index (χ0) is 17.0. The highest BCUT2D eigenvalue weighted by molar-refractivity contribution is 5.92. The van der Waals surface area contributed by atoms with Crippen LogP contribution < -0.4 is 5.32 Å². The van der Waals surface area contributed by atoms with Crippen molar-refractivity contribution in [3.8, 4) is 0 Å². The standard InChI is InChI=1S/C15H16F3N3O2/c1-19-13-11(14(22)23)9-20-21(13)8-4-6-10-5-2-3-7-12(10)15(16,17)18/h2-3,5,7,9,19H,4,6,8H2,1H3,(H,22,23). The number of alkyl halides is 3. The van der Waals surface area contributed by atoms with Gasteiger partial charge in [0.2, 0.25) is 0 Å². The third-order valence-corrected chi connectivity index (χ3v) is 3.45. The molecule has 124 valence electrons. The molecule has 0 spiro atoms. The molecule has 8 heteroatoms. The van der Waals surface area contributed by atoms with Gasteiger partial charge < -0.3 is 10.4 Å². The number of hydrogen-bond donors (Lipinski definition) is 2. The molecule has 0 radical (unpaired) electrons. The van der Waals surface area contributed by atoms with Gasteiger partial charge >= 0.3 is 12.1 Å². The SMILES string of the molecule is CNc1c(C(=O)O)cnn1CCCc1ccccc1C(F)(F)F. The molecule has 23 heavy (non-hydrogen) atoms. The zero-order valence-corrected chi connectivity index (χ0v) is 12.4. The van der Waals surface area contributed by atoms with Gasteiger partial charge in [0.1, 0.15) is 11.4 Å². The van der Waals surface area contributed by atoms with Crippen molar-refractivity contribution in [3.63, 3.8) is 0 Å². The number of carboxylic acids is 1. The van der Waals surface area contributed by atoms with Crippen LogP contribution in [0.3, 0.4) is 0 Å². The number of carbonyl (C=O) groups is 1. The quantitative estimate of drug-likeness (QED) is 0.854. The van der Waals surface area contributed by atoms with Crippen molar-refractivity contribution < 1.29 is 23.1 Å². The Balaban J connectivity index is 2.08. The van der Waals surface area contributed by atoms with Crippen LogP contribution in [0, 0.1) is 0 Å². The molecule has 0 bridgehead atoms. The number of hydrogen-bond acceptors (Lipinski definition) is 3. The summed E-state index contributed by atoms with van der Waals surface area (Å²) < 4.78 is 40.2. The molecular formula is C15H16F3N3O2. The van der Waals surface area contributed by atoms with Gasteiger partial charge in [-0.1, -0.05) is 18.2 Å². The lowest BCUT2D eigenvalue weighted by Gasteiger charge is -2.13. The summed E-state index contributed by atoms with van der Waals surface area (Å²) in [7, 11) is 1.57. The van der Waals surface area contributed by atoms with Crippen LogP contribution in [0.4, 0.5) is 19.0 Å². The summed E-state index contributed by atoms with van der Waals surface area (Å²) in [5.41, 5.74) is -0.389. The monoisotopic (exact) mass is 327 g/mol. The third-order valence-electron chi connectivity index (χ3n) is 3.45. The smallest absolute Gasteiger partial charge is 0.416 e. The van der Waals surface area contributed by atoms with E-state index in [0.717, 1.165) is 6.07 Å². The molecule has 1 aromatic heterocycles. The fraction of sp³-hybridized carbons (Fsp3) is 0.333. The van der Waals surface area contributed by atoms with E-state index in [-0.39, 0.29) is 17.5 Å². The van der Waals surface area contributed by atoms with Gasteiger partial charge in [0, 0.05) is 13.6 Å². The van der Waals surface area contributed by atoms with Gasteiger partial charge in [-0.2, -0.15) is 18.3 Å². The van der Waals surface area contributed by atoms with Crippen LogP contribution in [-0.4, -0.2) is 27.9 Å². The highest BCUT2D eigenvalue weighted by Crippen LogP contribution is 2.32. The van der Waals surface area contributed by atoms with Crippen molar-refractivity contribution in [1.82, 2.24) is 9.78 Å². The van der Waals surface area contributed by atoms with Crippen molar-refractivity contribution >= 4 is 11.8 Å². The summed E-state index contributed by atoms with van der Waals surface area (Å²) >= 11 is 0. The van der Waals surface area contributed by atoms with Crippen molar-refractivity contribution in [3.05, 3.63) is 47.2 Å². The summed E-state index contributed by atoms with van der Waals surface area (Å²) in [4.78, 5) is 11.0. The van der Waals surface area contributed by atoms with Gasteiger partial charge in [0.05, 0.1) is 11.8 Å². The molecule has 0 saturated heterocycles. The summed E-state index contributed by atoms with van der Waals surface area (Å²) in [5.74, 6) is -0.773. The van der Waals surface area contributed by atoms with Crippen molar-refractivity contribution in [2.75, 3.05) is 12.4 Å². The number of aromatic nitrogens is 2. The number of nitrogens with one attached hydrogen (secondary N) is 1. The average molecular weight is 327 g/mol. The molecule has 0 amide bonds. The minimum absolute atomic E-state index is 0.0307. The van der Waals surface area contributed by atoms with Crippen molar-refractivity contribution in [2.45, 2.75) is 25.6 Å². The Kier molecular flexibility index (Phi) is 4.92. The minimum atomic E-state index is -4.38. The van der Waals surface area contributed by atoms with E-state index in [9.17, 15) is 18.0 Å². The maximum absolute atomic E-state index is 12.9. The molecule has 0 fully saturated rings. The first kappa shape index (κ1) is 16.9. The second kappa shape index (κ2) is 6.72. The van der Waals surface area contributed by atoms with Crippen LogP contribution in [0.5, 0.6) is 0 Å². The number of benzene rings is 1. The molecule has 0 saturated carbocycles. The molecule has 0 aliphatic carbocycles. The molecule has 2 rings (SSSR count). The molecule has 2 aromatic rings. The predicted molar refractivity (Wildman–Crippen MR) is 78.5 cm³/mol. The molecule has 2 N–H and O–H groups in total. The topological polar surface area (TPSA) is 67.2 Å². The average Bonchev–Trinajstić information content (AvgIpc) is 2.90. The van der Waals surface area contributed by atoms with Crippen LogP contribution in [0.2, 0.25) is 0 Å². The van der Waals surface area contributed by atoms with Crippen LogP contribution >= 0.6 is 0 Å². The largest absolute Gasteiger partial charge is 0.477 e. The van der Waals surface area contributed by atoms with Crippen molar-refractivity contribution in [1.29, 1.82) is 0 Å². The maximum Gasteiger partial charge on any atom is 0.416 e. The summed E-state index contributed by atoms with van der Waals surface area (Å²) in [6, 6.07) is 5.44. The molecule has 1 aromatic carbocycles. The zero-order valence-electron chi connectivity index (χ0n) is 12.4. The van der Waals surface area contributed by atoms with E-state index in [0.29, 0.717) is 18.8 Å².